The normalized spacial score (nSPS) is 23.6. The van der Waals surface area contributed by atoms with E-state index in [0.717, 1.165) is 32.6 Å². The molecular weight excluding hydrogens is 306 g/mol. The Morgan fingerprint density at radius 1 is 1.36 bits per heavy atom. The summed E-state index contributed by atoms with van der Waals surface area (Å²) in [5.74, 6) is 1.22. The molecule has 1 aromatic carbocycles. The zero-order valence-corrected chi connectivity index (χ0v) is 13.3. The molecule has 0 radical (unpaired) electrons. The van der Waals surface area contributed by atoms with Gasteiger partial charge in [-0.2, -0.15) is 0 Å². The highest BCUT2D eigenvalue weighted by molar-refractivity contribution is 5.94. The van der Waals surface area contributed by atoms with Gasteiger partial charge < -0.3 is 10.2 Å². The molecule has 1 N–H and O–H groups in total. The molecule has 1 amide bonds. The minimum atomic E-state index is -0.417. The van der Waals surface area contributed by atoms with Gasteiger partial charge in [0, 0.05) is 30.3 Å². The number of nitrogens with one attached hydrogen (secondary N) is 1. The first-order valence-corrected chi connectivity index (χ1v) is 7.31. The molecule has 0 spiro atoms. The molecule has 0 aromatic heterocycles. The van der Waals surface area contributed by atoms with Gasteiger partial charge in [-0.15, -0.1) is 12.4 Å². The molecule has 0 aliphatic carbocycles. The monoisotopic (exact) mass is 325 g/mol. The van der Waals surface area contributed by atoms with Gasteiger partial charge in [0.15, 0.2) is 0 Å². The van der Waals surface area contributed by atoms with Crippen molar-refractivity contribution in [3.8, 4) is 0 Å². The molecule has 2 heterocycles. The van der Waals surface area contributed by atoms with Gasteiger partial charge in [-0.05, 0) is 50.4 Å². The number of hydrogen-bond donors (Lipinski definition) is 1. The molecule has 2 saturated heterocycles. The molecule has 2 atom stereocenters. The molecule has 2 aliphatic heterocycles. The number of hydrogen-bond acceptors (Lipinski definition) is 4. The fraction of sp³-hybridized carbons (Fsp3) is 0.533. The number of amides is 1. The lowest BCUT2D eigenvalue weighted by molar-refractivity contribution is -0.385. The van der Waals surface area contributed by atoms with Crippen LogP contribution in [0.4, 0.5) is 5.69 Å². The van der Waals surface area contributed by atoms with Crippen LogP contribution >= 0.6 is 12.4 Å². The quantitative estimate of drug-likeness (QED) is 0.666. The summed E-state index contributed by atoms with van der Waals surface area (Å²) >= 11 is 0. The third-order valence-corrected chi connectivity index (χ3v) is 4.63. The summed E-state index contributed by atoms with van der Waals surface area (Å²) in [5, 5.41) is 14.2. The first-order chi connectivity index (χ1) is 10.1. The minimum Gasteiger partial charge on any atom is -0.338 e. The standard InChI is InChI=1S/C15H19N3O3.ClH/c1-10-6-11(2-3-14(10)18(20)21)15(19)17-5-4-12-7-16-8-13(12)9-17;/h2-3,6,12-13,16H,4-5,7-9H2,1H3;1H. The number of piperidine rings is 1. The summed E-state index contributed by atoms with van der Waals surface area (Å²) < 4.78 is 0. The maximum absolute atomic E-state index is 12.6. The van der Waals surface area contributed by atoms with E-state index >= 15 is 0 Å². The van der Waals surface area contributed by atoms with Crippen LogP contribution in [-0.4, -0.2) is 41.9 Å². The number of benzene rings is 1. The molecule has 2 fully saturated rings. The predicted molar refractivity (Wildman–Crippen MR) is 85.5 cm³/mol. The molecule has 2 unspecified atom stereocenters. The van der Waals surface area contributed by atoms with Crippen molar-refractivity contribution in [1.82, 2.24) is 10.2 Å². The van der Waals surface area contributed by atoms with E-state index < -0.39 is 4.92 Å². The Balaban J connectivity index is 0.00000176. The van der Waals surface area contributed by atoms with Crippen LogP contribution in [0.5, 0.6) is 0 Å². The Labute approximate surface area is 135 Å². The van der Waals surface area contributed by atoms with Crippen LogP contribution in [0.15, 0.2) is 18.2 Å². The lowest BCUT2D eigenvalue weighted by Crippen LogP contribution is -2.43. The zero-order valence-electron chi connectivity index (χ0n) is 12.4. The Kier molecular flexibility index (Phi) is 5.03. The molecule has 22 heavy (non-hydrogen) atoms. The molecule has 6 nitrogen and oxygen atoms in total. The predicted octanol–water partition coefficient (Wildman–Crippen LogP) is 2.01. The number of rotatable bonds is 2. The van der Waals surface area contributed by atoms with Gasteiger partial charge in [0.05, 0.1) is 4.92 Å². The highest BCUT2D eigenvalue weighted by atomic mass is 35.5. The molecular formula is C15H20ClN3O3. The summed E-state index contributed by atoms with van der Waals surface area (Å²) in [6, 6.07) is 4.61. The maximum Gasteiger partial charge on any atom is 0.272 e. The van der Waals surface area contributed by atoms with Crippen LogP contribution < -0.4 is 5.32 Å². The molecule has 1 aromatic rings. The van der Waals surface area contributed by atoms with Gasteiger partial charge in [-0.1, -0.05) is 0 Å². The molecule has 7 heteroatoms. The van der Waals surface area contributed by atoms with Crippen LogP contribution in [-0.2, 0) is 0 Å². The second-order valence-electron chi connectivity index (χ2n) is 5.98. The van der Waals surface area contributed by atoms with Crippen molar-refractivity contribution in [2.45, 2.75) is 13.3 Å². The number of halogens is 1. The lowest BCUT2D eigenvalue weighted by atomic mass is 9.88. The van der Waals surface area contributed by atoms with Gasteiger partial charge >= 0.3 is 0 Å². The van der Waals surface area contributed by atoms with Crippen LogP contribution in [0.2, 0.25) is 0 Å². The molecule has 0 saturated carbocycles. The summed E-state index contributed by atoms with van der Waals surface area (Å²) in [5.41, 5.74) is 1.14. The number of carbonyl (C=O) groups excluding carboxylic acids is 1. The smallest absolute Gasteiger partial charge is 0.272 e. The van der Waals surface area contributed by atoms with Gasteiger partial charge in [0.1, 0.15) is 0 Å². The lowest BCUT2D eigenvalue weighted by Gasteiger charge is -2.34. The van der Waals surface area contributed by atoms with E-state index in [4.69, 9.17) is 0 Å². The van der Waals surface area contributed by atoms with E-state index in [1.54, 1.807) is 19.1 Å². The Morgan fingerprint density at radius 3 is 2.77 bits per heavy atom. The summed E-state index contributed by atoms with van der Waals surface area (Å²) in [4.78, 5) is 24.9. The number of nitro benzene ring substituents is 1. The van der Waals surface area contributed by atoms with Crippen molar-refractivity contribution in [3.05, 3.63) is 39.4 Å². The van der Waals surface area contributed by atoms with Crippen molar-refractivity contribution in [2.75, 3.05) is 26.2 Å². The Bertz CT molecular complexity index is 593. The number of nitrogens with zero attached hydrogens (tertiary/aromatic N) is 2. The second-order valence-corrected chi connectivity index (χ2v) is 5.98. The van der Waals surface area contributed by atoms with E-state index in [-0.39, 0.29) is 24.0 Å². The topological polar surface area (TPSA) is 75.5 Å². The van der Waals surface area contributed by atoms with Crippen molar-refractivity contribution < 1.29 is 9.72 Å². The fourth-order valence-electron chi connectivity index (χ4n) is 3.40. The van der Waals surface area contributed by atoms with Crippen molar-refractivity contribution >= 4 is 24.0 Å². The van der Waals surface area contributed by atoms with Crippen LogP contribution in [0, 0.1) is 28.9 Å². The molecule has 0 bridgehead atoms. The molecule has 3 rings (SSSR count). The number of nitro groups is 1. The molecule has 2 aliphatic rings. The maximum atomic E-state index is 12.6. The average molecular weight is 326 g/mol. The van der Waals surface area contributed by atoms with Gasteiger partial charge in [0.25, 0.3) is 11.6 Å². The van der Waals surface area contributed by atoms with E-state index in [9.17, 15) is 14.9 Å². The van der Waals surface area contributed by atoms with E-state index in [1.807, 2.05) is 4.90 Å². The van der Waals surface area contributed by atoms with Crippen LogP contribution in [0.3, 0.4) is 0 Å². The number of fused-ring (bicyclic) bond motifs is 1. The third-order valence-electron chi connectivity index (χ3n) is 4.63. The van der Waals surface area contributed by atoms with Crippen molar-refractivity contribution in [3.63, 3.8) is 0 Å². The summed E-state index contributed by atoms with van der Waals surface area (Å²) in [6.45, 7) is 5.27. The summed E-state index contributed by atoms with van der Waals surface area (Å²) in [7, 11) is 0. The number of likely N-dealkylation sites (tertiary alicyclic amines) is 1. The number of carbonyl (C=O) groups is 1. The van der Waals surface area contributed by atoms with E-state index in [0.29, 0.717) is 23.0 Å². The van der Waals surface area contributed by atoms with Gasteiger partial charge in [-0.25, -0.2) is 0 Å². The average Bonchev–Trinajstić information content (AvgIpc) is 2.93. The van der Waals surface area contributed by atoms with Gasteiger partial charge in [0.2, 0.25) is 0 Å². The first kappa shape index (κ1) is 16.7. The van der Waals surface area contributed by atoms with E-state index in [2.05, 4.69) is 5.32 Å². The third kappa shape index (κ3) is 3.08. The van der Waals surface area contributed by atoms with Crippen molar-refractivity contribution in [2.24, 2.45) is 11.8 Å². The fourth-order valence-corrected chi connectivity index (χ4v) is 3.40. The SMILES string of the molecule is Cc1cc(C(=O)N2CCC3CNCC3C2)ccc1[N+](=O)[O-].Cl. The minimum absolute atomic E-state index is 0. The summed E-state index contributed by atoms with van der Waals surface area (Å²) in [6.07, 6.45) is 1.04. The highest BCUT2D eigenvalue weighted by Gasteiger charge is 2.34. The Morgan fingerprint density at radius 2 is 2.09 bits per heavy atom. The van der Waals surface area contributed by atoms with Crippen LogP contribution in [0.25, 0.3) is 0 Å². The largest absolute Gasteiger partial charge is 0.338 e. The Hall–Kier alpha value is -1.66. The number of aryl methyl sites for hydroxylation is 1. The van der Waals surface area contributed by atoms with Crippen LogP contribution in [0.1, 0.15) is 22.3 Å². The second kappa shape index (κ2) is 6.62. The highest BCUT2D eigenvalue weighted by Crippen LogP contribution is 2.28. The molecule has 120 valence electrons. The van der Waals surface area contributed by atoms with Gasteiger partial charge in [-0.3, -0.25) is 14.9 Å². The first-order valence-electron chi connectivity index (χ1n) is 7.31. The van der Waals surface area contributed by atoms with E-state index in [1.165, 1.54) is 6.07 Å². The van der Waals surface area contributed by atoms with Crippen molar-refractivity contribution in [1.29, 1.82) is 0 Å². The zero-order chi connectivity index (χ0) is 15.0.